The second-order valence-corrected chi connectivity index (χ2v) is 8.40. The molecule has 4 N–H and O–H groups in total. The molecule has 0 radical (unpaired) electrons. The number of aromatic nitrogens is 4. The van der Waals surface area contributed by atoms with Gasteiger partial charge in [0.15, 0.2) is 11.2 Å². The maximum Gasteiger partial charge on any atom is 0.332 e. The molecule has 1 saturated heterocycles. The smallest absolute Gasteiger partial charge is 0.332 e. The van der Waals surface area contributed by atoms with Crippen molar-refractivity contribution in [2.75, 3.05) is 44.3 Å². The van der Waals surface area contributed by atoms with Gasteiger partial charge in [-0.15, -0.1) is 12.4 Å². The topological polar surface area (TPSA) is 147 Å². The van der Waals surface area contributed by atoms with E-state index in [9.17, 15) is 24.9 Å². The van der Waals surface area contributed by atoms with Gasteiger partial charge in [0.25, 0.3) is 5.56 Å². The van der Waals surface area contributed by atoms with Gasteiger partial charge in [-0.1, -0.05) is 0 Å². The monoisotopic (exact) mass is 510 g/mol. The summed E-state index contributed by atoms with van der Waals surface area (Å²) >= 11 is 0. The summed E-state index contributed by atoms with van der Waals surface area (Å²) in [5, 5.41) is 32.7. The number of aryl methyl sites for hydroxylation is 2. The predicted molar refractivity (Wildman–Crippen MR) is 133 cm³/mol. The summed E-state index contributed by atoms with van der Waals surface area (Å²) in [5.74, 6) is 0.396. The molecule has 4 rings (SSSR count). The first-order valence-electron chi connectivity index (χ1n) is 11.2. The normalized spacial score (nSPS) is 14.8. The lowest BCUT2D eigenvalue weighted by Gasteiger charge is -2.28. The van der Waals surface area contributed by atoms with E-state index in [1.165, 1.54) is 29.8 Å². The van der Waals surface area contributed by atoms with Gasteiger partial charge in [0.2, 0.25) is 5.95 Å². The predicted octanol–water partition coefficient (Wildman–Crippen LogP) is -0.183. The Bertz CT molecular complexity index is 1280. The van der Waals surface area contributed by atoms with Crippen molar-refractivity contribution in [3.63, 3.8) is 0 Å². The van der Waals surface area contributed by atoms with E-state index >= 15 is 0 Å². The van der Waals surface area contributed by atoms with Crippen molar-refractivity contribution >= 4 is 29.5 Å². The number of phenols is 2. The summed E-state index contributed by atoms with van der Waals surface area (Å²) in [4.78, 5) is 32.1. The van der Waals surface area contributed by atoms with Crippen LogP contribution < -0.4 is 21.5 Å². The van der Waals surface area contributed by atoms with Crippen LogP contribution in [0.5, 0.6) is 11.5 Å². The molecule has 12 nitrogen and oxygen atoms in total. The molecule has 3 heterocycles. The fraction of sp³-hybridized carbons (Fsp3) is 0.500. The van der Waals surface area contributed by atoms with Crippen LogP contribution in [0, 0.1) is 0 Å². The molecule has 1 aromatic carbocycles. The van der Waals surface area contributed by atoms with Gasteiger partial charge in [0, 0.05) is 46.3 Å². The highest BCUT2D eigenvalue weighted by Crippen LogP contribution is 2.25. The highest BCUT2D eigenvalue weighted by molar-refractivity contribution is 5.85. The Labute approximate surface area is 207 Å². The lowest BCUT2D eigenvalue weighted by Crippen LogP contribution is -2.39. The van der Waals surface area contributed by atoms with Crippen LogP contribution in [0.4, 0.5) is 5.95 Å². The molecule has 0 amide bonds. The Hall–Kier alpha value is -3.06. The summed E-state index contributed by atoms with van der Waals surface area (Å²) in [5.41, 5.74) is 0.314. The Morgan fingerprint density at radius 3 is 2.40 bits per heavy atom. The highest BCUT2D eigenvalue weighted by Gasteiger charge is 2.23. The molecule has 1 unspecified atom stereocenters. The van der Waals surface area contributed by atoms with Gasteiger partial charge < -0.3 is 34.8 Å². The number of hydrogen-bond donors (Lipinski definition) is 4. The van der Waals surface area contributed by atoms with E-state index in [1.54, 1.807) is 7.05 Å². The number of aliphatic hydroxyl groups is 1. The molecule has 1 aliphatic rings. The maximum atomic E-state index is 13.0. The first kappa shape index (κ1) is 26.5. The number of fused-ring (bicyclic) bond motifs is 1. The van der Waals surface area contributed by atoms with Crippen LogP contribution in [0.15, 0.2) is 27.8 Å². The third-order valence-electron chi connectivity index (χ3n) is 6.00. The molecule has 1 aliphatic heterocycles. The van der Waals surface area contributed by atoms with Crippen LogP contribution in [-0.2, 0) is 25.4 Å². The first-order chi connectivity index (χ1) is 16.3. The number of rotatable bonds is 8. The Balaban J connectivity index is 0.00000342. The van der Waals surface area contributed by atoms with Crippen molar-refractivity contribution in [2.45, 2.75) is 19.1 Å². The highest BCUT2D eigenvalue weighted by atomic mass is 35.5. The zero-order valence-corrected chi connectivity index (χ0v) is 20.5. The van der Waals surface area contributed by atoms with Crippen LogP contribution in [0.3, 0.4) is 0 Å². The van der Waals surface area contributed by atoms with E-state index < -0.39 is 17.4 Å². The third kappa shape index (κ3) is 5.45. The van der Waals surface area contributed by atoms with Crippen LogP contribution >= 0.6 is 12.4 Å². The lowest BCUT2D eigenvalue weighted by atomic mass is 10.1. The van der Waals surface area contributed by atoms with Crippen molar-refractivity contribution in [3.05, 3.63) is 44.6 Å². The van der Waals surface area contributed by atoms with Crippen LogP contribution in [0.25, 0.3) is 11.2 Å². The second-order valence-electron chi connectivity index (χ2n) is 8.40. The summed E-state index contributed by atoms with van der Waals surface area (Å²) < 4.78 is 9.77. The Morgan fingerprint density at radius 2 is 1.74 bits per heavy atom. The number of hydrogen-bond acceptors (Lipinski definition) is 9. The zero-order valence-electron chi connectivity index (χ0n) is 19.7. The summed E-state index contributed by atoms with van der Waals surface area (Å²) in [7, 11) is 3.06. The molecule has 2 aromatic heterocycles. The average molecular weight is 511 g/mol. The van der Waals surface area contributed by atoms with Crippen molar-refractivity contribution in [2.24, 2.45) is 14.1 Å². The number of imidazole rings is 1. The average Bonchev–Trinajstić information content (AvgIpc) is 3.20. The van der Waals surface area contributed by atoms with E-state index in [0.717, 1.165) is 4.57 Å². The molecule has 1 fully saturated rings. The van der Waals surface area contributed by atoms with Crippen LogP contribution in [-0.4, -0.2) is 73.4 Å². The molecule has 3 aromatic rings. The number of nitrogens with one attached hydrogen (secondary N) is 1. The number of aromatic hydroxyl groups is 2. The SMILES string of the molecule is Cl.Cn1c(=O)c2c(nc(N3CCOCC3)n2CCCNCC(O)c2cc(O)cc(O)c2)n(C)c1=O. The molecule has 35 heavy (non-hydrogen) atoms. The minimum atomic E-state index is -0.905. The quantitative estimate of drug-likeness (QED) is 0.303. The number of ether oxygens (including phenoxy) is 1. The largest absolute Gasteiger partial charge is 0.508 e. The van der Waals surface area contributed by atoms with Crippen molar-refractivity contribution in [1.29, 1.82) is 0 Å². The van der Waals surface area contributed by atoms with Crippen LogP contribution in [0.2, 0.25) is 0 Å². The summed E-state index contributed by atoms with van der Waals surface area (Å²) in [6, 6.07) is 4.00. The van der Waals surface area contributed by atoms with Crippen molar-refractivity contribution in [3.8, 4) is 11.5 Å². The van der Waals surface area contributed by atoms with Gasteiger partial charge in [0.05, 0.1) is 19.3 Å². The third-order valence-corrected chi connectivity index (χ3v) is 6.00. The number of nitrogens with zero attached hydrogens (tertiary/aromatic N) is 5. The summed E-state index contributed by atoms with van der Waals surface area (Å²) in [6.07, 6.45) is -0.273. The maximum absolute atomic E-state index is 13.0. The number of benzene rings is 1. The van der Waals surface area contributed by atoms with Crippen molar-refractivity contribution < 1.29 is 20.1 Å². The van der Waals surface area contributed by atoms with Gasteiger partial charge in [-0.3, -0.25) is 13.9 Å². The number of aliphatic hydroxyl groups excluding tert-OH is 1. The minimum Gasteiger partial charge on any atom is -0.508 e. The van der Waals surface area contributed by atoms with E-state index in [0.29, 0.717) is 68.5 Å². The lowest BCUT2D eigenvalue weighted by molar-refractivity contribution is 0.121. The zero-order chi connectivity index (χ0) is 24.4. The van der Waals surface area contributed by atoms with Gasteiger partial charge in [-0.2, -0.15) is 4.98 Å². The number of anilines is 1. The molecule has 0 spiro atoms. The first-order valence-corrected chi connectivity index (χ1v) is 11.2. The van der Waals surface area contributed by atoms with E-state index in [-0.39, 0.29) is 30.5 Å². The van der Waals surface area contributed by atoms with E-state index in [1.807, 2.05) is 4.57 Å². The second kappa shape index (κ2) is 11.1. The molecule has 1 atom stereocenters. The van der Waals surface area contributed by atoms with Crippen molar-refractivity contribution in [1.82, 2.24) is 24.0 Å². The van der Waals surface area contributed by atoms with Gasteiger partial charge in [-0.25, -0.2) is 4.79 Å². The van der Waals surface area contributed by atoms with E-state index in [2.05, 4.69) is 15.2 Å². The molecule has 192 valence electrons. The number of phenolic OH excluding ortho intramolecular Hbond substituents is 2. The molecular weight excluding hydrogens is 480 g/mol. The van der Waals surface area contributed by atoms with Crippen LogP contribution in [0.1, 0.15) is 18.1 Å². The molecular formula is C22H31ClN6O6. The van der Waals surface area contributed by atoms with Gasteiger partial charge in [0.1, 0.15) is 11.5 Å². The molecule has 0 aliphatic carbocycles. The number of halogens is 1. The summed E-state index contributed by atoms with van der Waals surface area (Å²) in [6.45, 7) is 3.63. The minimum absolute atomic E-state index is 0. The van der Waals surface area contributed by atoms with Gasteiger partial charge in [-0.05, 0) is 30.7 Å². The standard InChI is InChI=1S/C22H30N6O6.ClH/c1-25-19-18(20(32)26(2)22(25)33)28(21(24-19)27-6-8-34-9-7-27)5-3-4-23-13-17(31)14-10-15(29)12-16(30)11-14;/h10-12,17,23,29-31H,3-9,13H2,1-2H3;1H. The Morgan fingerprint density at radius 1 is 1.09 bits per heavy atom. The van der Waals surface area contributed by atoms with Gasteiger partial charge >= 0.3 is 5.69 Å². The molecule has 0 bridgehead atoms. The Kier molecular flexibility index (Phi) is 8.43. The fourth-order valence-electron chi connectivity index (χ4n) is 4.18. The van der Waals surface area contributed by atoms with E-state index in [4.69, 9.17) is 4.74 Å². The molecule has 0 saturated carbocycles. The molecule has 13 heteroatoms. The number of morpholine rings is 1. The fourth-order valence-corrected chi connectivity index (χ4v) is 4.18.